The maximum Gasteiger partial charge on any atom is 0.310 e. The second kappa shape index (κ2) is 7.47. The lowest BCUT2D eigenvalue weighted by Crippen LogP contribution is -2.34. The number of ether oxygens (including phenoxy) is 2. The number of fused-ring (bicyclic) bond motifs is 2. The van der Waals surface area contributed by atoms with Crippen molar-refractivity contribution in [2.45, 2.75) is 0 Å². The van der Waals surface area contributed by atoms with Gasteiger partial charge in [0.1, 0.15) is 0 Å². The molecule has 0 N–H and O–H groups in total. The van der Waals surface area contributed by atoms with Gasteiger partial charge < -0.3 is 9.47 Å². The summed E-state index contributed by atoms with van der Waals surface area (Å²) < 4.78 is 10.1. The van der Waals surface area contributed by atoms with E-state index in [2.05, 4.69) is 24.3 Å². The van der Waals surface area contributed by atoms with Gasteiger partial charge in [-0.25, -0.2) is 0 Å². The molecule has 2 aliphatic rings. The largest absolute Gasteiger partial charge is 0.469 e. The summed E-state index contributed by atoms with van der Waals surface area (Å²) in [5.41, 5.74) is 4.29. The van der Waals surface area contributed by atoms with Gasteiger partial charge in [0.15, 0.2) is 0 Å². The average molecular weight is 374 g/mol. The van der Waals surface area contributed by atoms with Crippen LogP contribution in [0.3, 0.4) is 0 Å². The van der Waals surface area contributed by atoms with E-state index in [0.717, 1.165) is 22.3 Å². The fraction of sp³-hybridized carbons (Fsp3) is 0.250. The summed E-state index contributed by atoms with van der Waals surface area (Å²) in [7, 11) is 2.73. The minimum absolute atomic E-state index is 0.183. The Morgan fingerprint density at radius 2 is 1.07 bits per heavy atom. The zero-order valence-corrected chi connectivity index (χ0v) is 15.9. The lowest BCUT2D eigenvalue weighted by molar-refractivity contribution is -0.158. The van der Waals surface area contributed by atoms with Crippen molar-refractivity contribution >= 4 is 17.5 Å². The summed E-state index contributed by atoms with van der Waals surface area (Å²) in [6.07, 6.45) is 4.07. The number of rotatable bonds is 4. The van der Waals surface area contributed by atoms with Crippen LogP contribution in [0.5, 0.6) is 0 Å². The zero-order chi connectivity index (χ0) is 19.7. The van der Waals surface area contributed by atoms with Crippen molar-refractivity contribution in [3.05, 3.63) is 89.5 Å². The molecule has 0 aromatic heterocycles. The number of benzene rings is 2. The maximum absolute atomic E-state index is 12.6. The Bertz CT molecular complexity index is 868. The first kappa shape index (κ1) is 18.2. The molecule has 2 aliphatic carbocycles. The van der Waals surface area contributed by atoms with Crippen molar-refractivity contribution in [2.75, 3.05) is 14.2 Å². The number of hydrogen-bond acceptors (Lipinski definition) is 4. The summed E-state index contributed by atoms with van der Waals surface area (Å²) in [6.45, 7) is 0. The molecule has 2 aromatic rings. The van der Waals surface area contributed by atoms with Crippen molar-refractivity contribution in [2.24, 2.45) is 23.7 Å². The van der Waals surface area contributed by atoms with Crippen LogP contribution in [0, 0.1) is 23.7 Å². The molecular formula is C24H22O4. The van der Waals surface area contributed by atoms with Crippen molar-refractivity contribution < 1.29 is 19.1 Å². The molecule has 0 amide bonds. The molecule has 1 saturated carbocycles. The first-order valence-electron chi connectivity index (χ1n) is 9.36. The van der Waals surface area contributed by atoms with Gasteiger partial charge in [0.25, 0.3) is 0 Å². The van der Waals surface area contributed by atoms with E-state index in [9.17, 15) is 9.59 Å². The Hall–Kier alpha value is -3.14. The minimum Gasteiger partial charge on any atom is -0.469 e. The summed E-state index contributed by atoms with van der Waals surface area (Å²) in [5.74, 6) is -2.24. The molecular weight excluding hydrogens is 352 g/mol. The second-order valence-electron chi connectivity index (χ2n) is 7.10. The van der Waals surface area contributed by atoms with Gasteiger partial charge in [0.05, 0.1) is 26.1 Å². The van der Waals surface area contributed by atoms with Crippen molar-refractivity contribution in [1.29, 1.82) is 0 Å². The lowest BCUT2D eigenvalue weighted by atomic mass is 9.83. The van der Waals surface area contributed by atoms with Crippen LogP contribution in [0.2, 0.25) is 0 Å². The van der Waals surface area contributed by atoms with Crippen LogP contribution < -0.4 is 0 Å². The van der Waals surface area contributed by atoms with Gasteiger partial charge in [0.2, 0.25) is 0 Å². The maximum atomic E-state index is 12.6. The Kier molecular flexibility index (Phi) is 4.86. The number of methoxy groups -OCH3 is 2. The molecule has 2 aromatic carbocycles. The quantitative estimate of drug-likeness (QED) is 0.602. The number of carbonyl (C=O) groups excluding carboxylic acids is 2. The summed E-state index contributed by atoms with van der Waals surface area (Å²) in [6, 6.07) is 20.2. The highest BCUT2D eigenvalue weighted by Crippen LogP contribution is 2.55. The fourth-order valence-corrected chi connectivity index (χ4v) is 4.64. The smallest absolute Gasteiger partial charge is 0.310 e. The van der Waals surface area contributed by atoms with Crippen LogP contribution in [-0.2, 0) is 19.1 Å². The highest BCUT2D eigenvalue weighted by molar-refractivity contribution is 5.91. The number of carbonyl (C=O) groups is 2. The zero-order valence-electron chi connectivity index (χ0n) is 15.9. The van der Waals surface area contributed by atoms with E-state index in [1.165, 1.54) is 14.2 Å². The molecule has 4 atom stereocenters. The van der Waals surface area contributed by atoms with Gasteiger partial charge in [-0.15, -0.1) is 0 Å². The molecule has 0 spiro atoms. The fourth-order valence-electron chi connectivity index (χ4n) is 4.64. The molecule has 0 heterocycles. The van der Waals surface area contributed by atoms with Crippen LogP contribution in [-0.4, -0.2) is 26.2 Å². The highest BCUT2D eigenvalue weighted by Gasteiger charge is 2.56. The Labute approximate surface area is 164 Å². The van der Waals surface area contributed by atoms with Gasteiger partial charge in [-0.2, -0.15) is 0 Å². The third-order valence-corrected chi connectivity index (χ3v) is 5.77. The van der Waals surface area contributed by atoms with Gasteiger partial charge in [-0.1, -0.05) is 72.8 Å². The van der Waals surface area contributed by atoms with E-state index in [4.69, 9.17) is 9.47 Å². The molecule has 4 rings (SSSR count). The number of esters is 2. The molecule has 2 bridgehead atoms. The van der Waals surface area contributed by atoms with Crippen LogP contribution in [0.15, 0.2) is 78.4 Å². The average Bonchev–Trinajstić information content (AvgIpc) is 3.30. The standard InChI is InChI=1S/C24H22O4/c1-27-23(25)21-17-13-14-18(22(21)24(26)28-2)20(17)19(15-9-5-3-6-10-15)16-11-7-4-8-12-16/h3-14,17-18,21-22H,1-2H3/t17-,18-,21+,22+/m1/s1. The third-order valence-electron chi connectivity index (χ3n) is 5.77. The van der Waals surface area contributed by atoms with Gasteiger partial charge in [-0.3, -0.25) is 9.59 Å². The molecule has 28 heavy (non-hydrogen) atoms. The van der Waals surface area contributed by atoms with Crippen LogP contribution in [0.4, 0.5) is 0 Å². The van der Waals surface area contributed by atoms with E-state index in [1.807, 2.05) is 48.6 Å². The van der Waals surface area contributed by atoms with Crippen LogP contribution in [0.25, 0.3) is 5.57 Å². The van der Waals surface area contributed by atoms with E-state index < -0.39 is 11.8 Å². The van der Waals surface area contributed by atoms with E-state index in [-0.39, 0.29) is 23.8 Å². The topological polar surface area (TPSA) is 52.6 Å². The molecule has 0 unspecified atom stereocenters. The van der Waals surface area contributed by atoms with Crippen LogP contribution >= 0.6 is 0 Å². The molecule has 0 radical (unpaired) electrons. The summed E-state index contributed by atoms with van der Waals surface area (Å²) >= 11 is 0. The molecule has 142 valence electrons. The molecule has 0 aliphatic heterocycles. The first-order chi connectivity index (χ1) is 13.7. The summed E-state index contributed by atoms with van der Waals surface area (Å²) in [4.78, 5) is 25.2. The van der Waals surface area contributed by atoms with Crippen LogP contribution in [0.1, 0.15) is 11.1 Å². The normalized spacial score (nSPS) is 24.9. The molecule has 4 heteroatoms. The number of hydrogen-bond donors (Lipinski definition) is 0. The van der Waals surface area contributed by atoms with E-state index in [0.29, 0.717) is 0 Å². The van der Waals surface area contributed by atoms with Crippen molar-refractivity contribution in [3.8, 4) is 0 Å². The highest BCUT2D eigenvalue weighted by atomic mass is 16.5. The molecule has 1 fully saturated rings. The SMILES string of the molecule is COC(=O)[C@@H]1[C@@H](C(=O)OC)[C@@H]2C=C[C@@H]1C2=C(c1ccccc1)c1ccccc1. The third kappa shape index (κ3) is 2.85. The predicted octanol–water partition coefficient (Wildman–Crippen LogP) is 3.88. The monoisotopic (exact) mass is 374 g/mol. The summed E-state index contributed by atoms with van der Waals surface area (Å²) in [5, 5.41) is 0. The van der Waals surface area contributed by atoms with E-state index >= 15 is 0 Å². The van der Waals surface area contributed by atoms with Gasteiger partial charge >= 0.3 is 11.9 Å². The first-order valence-corrected chi connectivity index (χ1v) is 9.36. The van der Waals surface area contributed by atoms with E-state index in [1.54, 1.807) is 0 Å². The van der Waals surface area contributed by atoms with Crippen molar-refractivity contribution in [1.82, 2.24) is 0 Å². The predicted molar refractivity (Wildman–Crippen MR) is 106 cm³/mol. The molecule has 4 nitrogen and oxygen atoms in total. The Balaban J connectivity index is 1.95. The minimum atomic E-state index is -0.565. The Morgan fingerprint density at radius 1 is 0.679 bits per heavy atom. The van der Waals surface area contributed by atoms with Crippen molar-refractivity contribution in [3.63, 3.8) is 0 Å². The molecule has 0 saturated heterocycles. The second-order valence-corrected chi connectivity index (χ2v) is 7.10. The number of allylic oxidation sites excluding steroid dienone is 3. The van der Waals surface area contributed by atoms with Gasteiger partial charge in [-0.05, 0) is 22.3 Å². The lowest BCUT2D eigenvalue weighted by Gasteiger charge is -2.22. The Morgan fingerprint density at radius 3 is 1.43 bits per heavy atom. The van der Waals surface area contributed by atoms with Gasteiger partial charge in [0, 0.05) is 11.8 Å².